The summed E-state index contributed by atoms with van der Waals surface area (Å²) >= 11 is 12.1. The molecular weight excluding hydrogens is 409 g/mol. The van der Waals surface area contributed by atoms with Gasteiger partial charge >= 0.3 is 6.03 Å². The summed E-state index contributed by atoms with van der Waals surface area (Å²) in [5.74, 6) is 0.510. The molecule has 1 aliphatic heterocycles. The van der Waals surface area contributed by atoms with Crippen molar-refractivity contribution in [2.45, 2.75) is 25.3 Å². The summed E-state index contributed by atoms with van der Waals surface area (Å²) in [5.41, 5.74) is 2.77. The Balaban J connectivity index is 1.40. The zero-order chi connectivity index (χ0) is 20.4. The number of rotatable bonds is 5. The van der Waals surface area contributed by atoms with Crippen molar-refractivity contribution in [2.75, 3.05) is 25.5 Å². The van der Waals surface area contributed by atoms with Gasteiger partial charge in [0.1, 0.15) is 0 Å². The molecule has 8 heteroatoms. The molecule has 3 N–H and O–H groups in total. The minimum absolute atomic E-state index is 0.243. The highest BCUT2D eigenvalue weighted by Crippen LogP contribution is 2.31. The summed E-state index contributed by atoms with van der Waals surface area (Å²) < 4.78 is 0. The number of aromatic nitrogens is 2. The van der Waals surface area contributed by atoms with Crippen LogP contribution in [0.3, 0.4) is 0 Å². The molecule has 1 unspecified atom stereocenters. The Labute approximate surface area is 179 Å². The van der Waals surface area contributed by atoms with Crippen LogP contribution in [0.15, 0.2) is 36.4 Å². The number of benzene rings is 2. The third-order valence-electron chi connectivity index (χ3n) is 5.48. The van der Waals surface area contributed by atoms with Crippen molar-refractivity contribution in [2.24, 2.45) is 0 Å². The molecule has 29 heavy (non-hydrogen) atoms. The minimum atomic E-state index is -0.243. The monoisotopic (exact) mass is 431 g/mol. The Kier molecular flexibility index (Phi) is 5.94. The van der Waals surface area contributed by atoms with Crippen LogP contribution in [0.4, 0.5) is 10.6 Å². The number of fused-ring (bicyclic) bond motifs is 1. The topological polar surface area (TPSA) is 73.1 Å². The Morgan fingerprint density at radius 3 is 2.76 bits per heavy atom. The number of urea groups is 1. The normalized spacial score (nSPS) is 17.0. The van der Waals surface area contributed by atoms with Crippen LogP contribution in [0.5, 0.6) is 0 Å². The van der Waals surface area contributed by atoms with E-state index in [4.69, 9.17) is 23.2 Å². The van der Waals surface area contributed by atoms with Crippen LogP contribution in [-0.4, -0.2) is 47.3 Å². The molecule has 0 radical (unpaired) electrons. The number of halogens is 2. The molecule has 1 fully saturated rings. The van der Waals surface area contributed by atoms with E-state index in [1.54, 1.807) is 6.07 Å². The predicted molar refractivity (Wildman–Crippen MR) is 119 cm³/mol. The second kappa shape index (κ2) is 8.61. The van der Waals surface area contributed by atoms with Crippen LogP contribution >= 0.6 is 23.2 Å². The number of likely N-dealkylation sites (tertiary alicyclic amines) is 1. The molecule has 2 amide bonds. The molecule has 2 heterocycles. The molecule has 1 saturated heterocycles. The zero-order valence-corrected chi connectivity index (χ0v) is 17.6. The van der Waals surface area contributed by atoms with Crippen molar-refractivity contribution in [1.29, 1.82) is 0 Å². The molecule has 2 aromatic carbocycles. The van der Waals surface area contributed by atoms with Gasteiger partial charge in [-0.15, -0.1) is 0 Å². The summed E-state index contributed by atoms with van der Waals surface area (Å²) in [6.07, 6.45) is 3.39. The minimum Gasteiger partial charge on any atom is -0.338 e. The number of carbonyl (C=O) groups is 1. The zero-order valence-electron chi connectivity index (χ0n) is 16.1. The summed E-state index contributed by atoms with van der Waals surface area (Å²) in [6.45, 7) is 1.78. The van der Waals surface area contributed by atoms with Gasteiger partial charge < -0.3 is 10.2 Å². The van der Waals surface area contributed by atoms with Gasteiger partial charge in [-0.2, -0.15) is 5.10 Å². The van der Waals surface area contributed by atoms with Gasteiger partial charge in [-0.1, -0.05) is 35.3 Å². The molecule has 1 atom stereocenters. The van der Waals surface area contributed by atoms with E-state index in [9.17, 15) is 4.79 Å². The van der Waals surface area contributed by atoms with Crippen LogP contribution in [-0.2, 0) is 0 Å². The lowest BCUT2D eigenvalue weighted by Crippen LogP contribution is -2.34. The van der Waals surface area contributed by atoms with Crippen molar-refractivity contribution in [1.82, 2.24) is 20.4 Å². The third kappa shape index (κ3) is 4.50. The smallest absolute Gasteiger partial charge is 0.320 e. The molecule has 3 aromatic rings. The lowest BCUT2D eigenvalue weighted by molar-refractivity contribution is 0.248. The quantitative estimate of drug-likeness (QED) is 0.523. The van der Waals surface area contributed by atoms with E-state index in [2.05, 4.69) is 32.8 Å². The molecule has 0 aliphatic carbocycles. The molecular formula is C21H23Cl2N5O. The molecule has 0 saturated carbocycles. The van der Waals surface area contributed by atoms with E-state index in [0.717, 1.165) is 35.0 Å². The van der Waals surface area contributed by atoms with Gasteiger partial charge in [0.15, 0.2) is 5.82 Å². The van der Waals surface area contributed by atoms with Crippen molar-refractivity contribution < 1.29 is 4.79 Å². The SMILES string of the molecule is CN1CCCC1CCNC(=O)Nc1n[nH]c2cc(-c3ccc(Cl)c(Cl)c3)ccc12. The largest absolute Gasteiger partial charge is 0.338 e. The van der Waals surface area contributed by atoms with Crippen LogP contribution in [0, 0.1) is 0 Å². The van der Waals surface area contributed by atoms with Crippen molar-refractivity contribution in [3.8, 4) is 11.1 Å². The molecule has 0 bridgehead atoms. The number of aromatic amines is 1. The van der Waals surface area contributed by atoms with Gasteiger partial charge in [-0.3, -0.25) is 10.4 Å². The van der Waals surface area contributed by atoms with Crippen LogP contribution in [0.2, 0.25) is 10.0 Å². The van der Waals surface area contributed by atoms with E-state index >= 15 is 0 Å². The first-order valence-electron chi connectivity index (χ1n) is 9.70. The van der Waals surface area contributed by atoms with E-state index in [1.807, 2.05) is 30.3 Å². The lowest BCUT2D eigenvalue weighted by atomic mass is 10.0. The Hall–Kier alpha value is -2.28. The van der Waals surface area contributed by atoms with E-state index < -0.39 is 0 Å². The van der Waals surface area contributed by atoms with Gasteiger partial charge in [0.25, 0.3) is 0 Å². The number of nitrogens with zero attached hydrogens (tertiary/aromatic N) is 2. The highest BCUT2D eigenvalue weighted by atomic mass is 35.5. The van der Waals surface area contributed by atoms with Gasteiger partial charge in [0.05, 0.1) is 15.6 Å². The summed E-state index contributed by atoms with van der Waals surface area (Å²) in [6, 6.07) is 11.7. The highest BCUT2D eigenvalue weighted by molar-refractivity contribution is 6.42. The standard InChI is InChI=1S/C21H23Cl2N5O/c1-28-10-2-3-15(28)8-9-24-21(29)25-20-16-6-4-14(12-19(16)26-27-20)13-5-7-17(22)18(23)11-13/h4-7,11-12,15H,2-3,8-10H2,1H3,(H3,24,25,26,27,29). The number of carbonyl (C=O) groups excluding carboxylic acids is 1. The number of hydrogen-bond acceptors (Lipinski definition) is 3. The first-order chi connectivity index (χ1) is 14.0. The first-order valence-corrected chi connectivity index (χ1v) is 10.5. The Morgan fingerprint density at radius 1 is 1.21 bits per heavy atom. The van der Waals surface area contributed by atoms with Gasteiger partial charge in [0, 0.05) is 18.0 Å². The fraction of sp³-hybridized carbons (Fsp3) is 0.333. The molecule has 1 aromatic heterocycles. The molecule has 0 spiro atoms. The maximum atomic E-state index is 12.3. The Bertz CT molecular complexity index is 1040. The van der Waals surface area contributed by atoms with Crippen molar-refractivity contribution in [3.63, 3.8) is 0 Å². The lowest BCUT2D eigenvalue weighted by Gasteiger charge is -2.19. The predicted octanol–water partition coefficient (Wildman–Crippen LogP) is 5.14. The number of hydrogen-bond donors (Lipinski definition) is 3. The average molecular weight is 432 g/mol. The highest BCUT2D eigenvalue weighted by Gasteiger charge is 2.20. The number of nitrogens with one attached hydrogen (secondary N) is 3. The van der Waals surface area contributed by atoms with Gasteiger partial charge in [-0.05, 0) is 68.2 Å². The molecule has 152 valence electrons. The summed E-state index contributed by atoms with van der Waals surface area (Å²) in [7, 11) is 2.14. The Morgan fingerprint density at radius 2 is 2.00 bits per heavy atom. The second-order valence-corrected chi connectivity index (χ2v) is 8.22. The van der Waals surface area contributed by atoms with Gasteiger partial charge in [-0.25, -0.2) is 4.79 Å². The summed E-state index contributed by atoms with van der Waals surface area (Å²) in [5, 5.41) is 14.9. The third-order valence-corrected chi connectivity index (χ3v) is 6.22. The number of H-pyrrole nitrogens is 1. The van der Waals surface area contributed by atoms with Crippen LogP contribution in [0.1, 0.15) is 19.3 Å². The molecule has 1 aliphatic rings. The maximum Gasteiger partial charge on any atom is 0.320 e. The molecule has 4 rings (SSSR count). The average Bonchev–Trinajstić information content (AvgIpc) is 3.30. The van der Waals surface area contributed by atoms with E-state index in [0.29, 0.717) is 28.4 Å². The van der Waals surface area contributed by atoms with Crippen LogP contribution in [0.25, 0.3) is 22.0 Å². The number of amides is 2. The fourth-order valence-electron chi connectivity index (χ4n) is 3.82. The van der Waals surface area contributed by atoms with Crippen LogP contribution < -0.4 is 10.6 Å². The fourth-order valence-corrected chi connectivity index (χ4v) is 4.12. The first kappa shape index (κ1) is 20.0. The molecule has 6 nitrogen and oxygen atoms in total. The van der Waals surface area contributed by atoms with E-state index in [-0.39, 0.29) is 6.03 Å². The number of anilines is 1. The summed E-state index contributed by atoms with van der Waals surface area (Å²) in [4.78, 5) is 14.6. The van der Waals surface area contributed by atoms with E-state index in [1.165, 1.54) is 12.8 Å². The second-order valence-electron chi connectivity index (χ2n) is 7.41. The van der Waals surface area contributed by atoms with Crippen molar-refractivity contribution in [3.05, 3.63) is 46.4 Å². The van der Waals surface area contributed by atoms with Crippen molar-refractivity contribution >= 4 is 46.0 Å². The maximum absolute atomic E-state index is 12.3. The van der Waals surface area contributed by atoms with Gasteiger partial charge in [0.2, 0.25) is 0 Å².